The van der Waals surface area contributed by atoms with Crippen LogP contribution in [0.25, 0.3) is 10.8 Å². The van der Waals surface area contributed by atoms with E-state index in [1.807, 2.05) is 6.07 Å². The lowest BCUT2D eigenvalue weighted by molar-refractivity contribution is 0.257. The summed E-state index contributed by atoms with van der Waals surface area (Å²) in [5.74, 6) is 2.34. The average molecular weight is 380 g/mol. The van der Waals surface area contributed by atoms with Gasteiger partial charge in [0.25, 0.3) is 0 Å². The van der Waals surface area contributed by atoms with E-state index in [-0.39, 0.29) is 5.41 Å². The molecule has 0 atom stereocenters. The Morgan fingerprint density at radius 2 is 1.86 bits per heavy atom. The van der Waals surface area contributed by atoms with Crippen LogP contribution in [-0.2, 0) is 12.0 Å². The van der Waals surface area contributed by atoms with E-state index in [9.17, 15) is 0 Å². The second-order valence-electron chi connectivity index (χ2n) is 8.62. The first-order chi connectivity index (χ1) is 13.4. The minimum absolute atomic E-state index is 0.0986. The zero-order valence-corrected chi connectivity index (χ0v) is 17.2. The van der Waals surface area contributed by atoms with Gasteiger partial charge >= 0.3 is 0 Å². The Morgan fingerprint density at radius 3 is 2.57 bits per heavy atom. The number of benzene rings is 2. The van der Waals surface area contributed by atoms with Gasteiger partial charge in [-0.05, 0) is 30.6 Å². The predicted molar refractivity (Wildman–Crippen MR) is 113 cm³/mol. The Hall–Kier alpha value is -2.53. The molecule has 0 saturated carbocycles. The van der Waals surface area contributed by atoms with E-state index in [1.54, 1.807) is 6.20 Å². The number of piperazine rings is 1. The van der Waals surface area contributed by atoms with Crippen LogP contribution in [0.1, 0.15) is 32.4 Å². The third kappa shape index (κ3) is 3.99. The summed E-state index contributed by atoms with van der Waals surface area (Å²) in [6.07, 6.45) is 1.76. The summed E-state index contributed by atoms with van der Waals surface area (Å²) >= 11 is 0. The van der Waals surface area contributed by atoms with Gasteiger partial charge in [-0.1, -0.05) is 39.0 Å². The third-order valence-corrected chi connectivity index (χ3v) is 5.25. The van der Waals surface area contributed by atoms with E-state index in [4.69, 9.17) is 9.15 Å². The largest absolute Gasteiger partial charge is 0.486 e. The van der Waals surface area contributed by atoms with Crippen molar-refractivity contribution in [2.24, 2.45) is 0 Å². The summed E-state index contributed by atoms with van der Waals surface area (Å²) < 4.78 is 11.9. The summed E-state index contributed by atoms with van der Waals surface area (Å²) in [6.45, 7) is 10.9. The molecule has 1 saturated heterocycles. The van der Waals surface area contributed by atoms with Crippen molar-refractivity contribution in [2.75, 3.05) is 38.1 Å². The second kappa shape index (κ2) is 7.47. The molecule has 28 heavy (non-hydrogen) atoms. The van der Waals surface area contributed by atoms with Gasteiger partial charge < -0.3 is 19.0 Å². The van der Waals surface area contributed by atoms with E-state index in [0.717, 1.165) is 43.6 Å². The molecule has 1 aliphatic heterocycles. The highest BCUT2D eigenvalue weighted by molar-refractivity contribution is 5.95. The van der Waals surface area contributed by atoms with Gasteiger partial charge in [-0.2, -0.15) is 0 Å². The Labute approximate surface area is 166 Å². The van der Waals surface area contributed by atoms with Gasteiger partial charge in [-0.15, -0.1) is 0 Å². The number of anilines is 1. The van der Waals surface area contributed by atoms with Gasteiger partial charge in [-0.25, -0.2) is 4.98 Å². The molecular weight excluding hydrogens is 350 g/mol. The molecule has 5 heteroatoms. The number of hydrogen-bond acceptors (Lipinski definition) is 5. The van der Waals surface area contributed by atoms with Crippen LogP contribution in [0.3, 0.4) is 0 Å². The number of hydrogen-bond donors (Lipinski definition) is 0. The Kier molecular flexibility index (Phi) is 5.02. The Balaban J connectivity index is 1.54. The minimum atomic E-state index is -0.0986. The van der Waals surface area contributed by atoms with Crippen LogP contribution in [0.4, 0.5) is 5.69 Å². The van der Waals surface area contributed by atoms with Crippen molar-refractivity contribution in [3.05, 3.63) is 54.2 Å². The summed E-state index contributed by atoms with van der Waals surface area (Å²) in [5.41, 5.74) is 1.18. The van der Waals surface area contributed by atoms with E-state index in [0.29, 0.717) is 6.61 Å². The predicted octanol–water partition coefficient (Wildman–Crippen LogP) is 4.46. The van der Waals surface area contributed by atoms with Crippen LogP contribution in [0.5, 0.6) is 5.75 Å². The number of rotatable bonds is 4. The number of aromatic nitrogens is 1. The molecule has 0 spiro atoms. The molecule has 0 unspecified atom stereocenters. The fourth-order valence-corrected chi connectivity index (χ4v) is 3.52. The van der Waals surface area contributed by atoms with Crippen LogP contribution in [-0.4, -0.2) is 43.1 Å². The van der Waals surface area contributed by atoms with Gasteiger partial charge in [0.1, 0.15) is 12.4 Å². The number of likely N-dealkylation sites (N-methyl/N-ethyl adjacent to an activating group) is 1. The Bertz CT molecular complexity index is 950. The van der Waals surface area contributed by atoms with Gasteiger partial charge in [0.2, 0.25) is 0 Å². The van der Waals surface area contributed by atoms with E-state index in [1.165, 1.54) is 16.5 Å². The van der Waals surface area contributed by atoms with Crippen molar-refractivity contribution < 1.29 is 9.15 Å². The van der Waals surface area contributed by atoms with Gasteiger partial charge in [0.05, 0.1) is 6.20 Å². The third-order valence-electron chi connectivity index (χ3n) is 5.25. The molecule has 1 aromatic heterocycles. The molecule has 3 aromatic rings. The first-order valence-electron chi connectivity index (χ1n) is 9.94. The lowest BCUT2D eigenvalue weighted by Gasteiger charge is -2.34. The van der Waals surface area contributed by atoms with Crippen molar-refractivity contribution in [3.8, 4) is 5.75 Å². The quantitative estimate of drug-likeness (QED) is 0.670. The first-order valence-corrected chi connectivity index (χ1v) is 9.94. The monoisotopic (exact) mass is 379 g/mol. The standard InChI is InChI=1S/C23H29N3O2/c1-23(2,3)22-24-15-19(28-22)16-27-18-9-8-17-6-5-7-21(20(17)14-18)26-12-10-25(4)11-13-26/h5-9,14-15H,10-13,16H2,1-4H3. The van der Waals surface area contributed by atoms with Gasteiger partial charge in [0.15, 0.2) is 11.7 Å². The molecule has 1 fully saturated rings. The molecule has 5 nitrogen and oxygen atoms in total. The minimum Gasteiger partial charge on any atom is -0.486 e. The smallest absolute Gasteiger partial charge is 0.199 e. The van der Waals surface area contributed by atoms with E-state index < -0.39 is 0 Å². The molecule has 2 aromatic carbocycles. The molecule has 0 amide bonds. The van der Waals surface area contributed by atoms with E-state index in [2.05, 4.69) is 72.9 Å². The van der Waals surface area contributed by atoms with Crippen molar-refractivity contribution >= 4 is 16.5 Å². The van der Waals surface area contributed by atoms with Crippen LogP contribution >= 0.6 is 0 Å². The normalized spacial score (nSPS) is 15.9. The van der Waals surface area contributed by atoms with Crippen LogP contribution < -0.4 is 9.64 Å². The highest BCUT2D eigenvalue weighted by atomic mass is 16.5. The fourth-order valence-electron chi connectivity index (χ4n) is 3.52. The topological polar surface area (TPSA) is 41.7 Å². The van der Waals surface area contributed by atoms with Crippen molar-refractivity contribution in [1.29, 1.82) is 0 Å². The molecule has 4 rings (SSSR count). The molecule has 0 N–H and O–H groups in total. The highest BCUT2D eigenvalue weighted by Crippen LogP contribution is 2.31. The van der Waals surface area contributed by atoms with Crippen molar-refractivity contribution in [2.45, 2.75) is 32.8 Å². The molecule has 148 valence electrons. The lowest BCUT2D eigenvalue weighted by atomic mass is 9.97. The molecule has 0 bridgehead atoms. The number of ether oxygens (including phenoxy) is 1. The van der Waals surface area contributed by atoms with Crippen molar-refractivity contribution in [3.63, 3.8) is 0 Å². The first kappa shape index (κ1) is 18.8. The zero-order chi connectivity index (χ0) is 19.7. The number of fused-ring (bicyclic) bond motifs is 1. The number of oxazole rings is 1. The molecule has 0 radical (unpaired) electrons. The summed E-state index contributed by atoms with van der Waals surface area (Å²) in [6, 6.07) is 12.8. The number of nitrogens with zero attached hydrogens (tertiary/aromatic N) is 3. The maximum atomic E-state index is 6.03. The average Bonchev–Trinajstić information content (AvgIpc) is 3.16. The van der Waals surface area contributed by atoms with Crippen LogP contribution in [0.2, 0.25) is 0 Å². The van der Waals surface area contributed by atoms with E-state index >= 15 is 0 Å². The zero-order valence-electron chi connectivity index (χ0n) is 17.2. The SMILES string of the molecule is CN1CCN(c2cccc3ccc(OCc4cnc(C(C)(C)C)o4)cc23)CC1. The molecule has 1 aliphatic rings. The summed E-state index contributed by atoms with van der Waals surface area (Å²) in [4.78, 5) is 9.22. The van der Waals surface area contributed by atoms with Crippen molar-refractivity contribution in [1.82, 2.24) is 9.88 Å². The molecule has 0 aliphatic carbocycles. The maximum absolute atomic E-state index is 6.03. The highest BCUT2D eigenvalue weighted by Gasteiger charge is 2.20. The van der Waals surface area contributed by atoms with Crippen LogP contribution in [0, 0.1) is 0 Å². The van der Waals surface area contributed by atoms with Gasteiger partial charge in [-0.3, -0.25) is 0 Å². The van der Waals surface area contributed by atoms with Crippen LogP contribution in [0.15, 0.2) is 47.0 Å². The lowest BCUT2D eigenvalue weighted by Crippen LogP contribution is -2.44. The Morgan fingerprint density at radius 1 is 1.07 bits per heavy atom. The maximum Gasteiger partial charge on any atom is 0.199 e. The van der Waals surface area contributed by atoms with Gasteiger partial charge in [0, 0.05) is 42.7 Å². The molecule has 2 heterocycles. The fraction of sp³-hybridized carbons (Fsp3) is 0.435. The molecular formula is C23H29N3O2. The second-order valence-corrected chi connectivity index (χ2v) is 8.62. The summed E-state index contributed by atoms with van der Waals surface area (Å²) in [7, 11) is 2.18. The summed E-state index contributed by atoms with van der Waals surface area (Å²) in [5, 5.41) is 2.47.